The quantitative estimate of drug-likeness (QED) is 0.831. The van der Waals surface area contributed by atoms with Crippen molar-refractivity contribution < 1.29 is 4.39 Å². The molecule has 0 bridgehead atoms. The van der Waals surface area contributed by atoms with E-state index in [-0.39, 0.29) is 11.9 Å². The summed E-state index contributed by atoms with van der Waals surface area (Å²) in [5.74, 6) is 0.277. The van der Waals surface area contributed by atoms with Crippen molar-refractivity contribution in [2.45, 2.75) is 26.4 Å². The Morgan fingerprint density at radius 3 is 2.50 bits per heavy atom. The SMILES string of the molecule is CC(N)C(C)CN(C)Cc1ccccc1F. The third-order valence-electron chi connectivity index (χ3n) is 2.90. The molecule has 0 saturated carbocycles. The van der Waals surface area contributed by atoms with E-state index in [1.54, 1.807) is 6.07 Å². The maximum atomic E-state index is 13.4. The fourth-order valence-corrected chi connectivity index (χ4v) is 1.64. The molecule has 16 heavy (non-hydrogen) atoms. The fraction of sp³-hybridized carbons (Fsp3) is 0.538. The standard InChI is InChI=1S/C13H21FN2/c1-10(11(2)15)8-16(3)9-12-6-4-5-7-13(12)14/h4-7,10-11H,8-9,15H2,1-3H3. The van der Waals surface area contributed by atoms with E-state index in [0.717, 1.165) is 12.1 Å². The van der Waals surface area contributed by atoms with Crippen LogP contribution in [0.15, 0.2) is 24.3 Å². The molecule has 0 aromatic heterocycles. The van der Waals surface area contributed by atoms with Crippen molar-refractivity contribution in [1.82, 2.24) is 4.90 Å². The molecule has 0 heterocycles. The van der Waals surface area contributed by atoms with Gasteiger partial charge in [-0.1, -0.05) is 25.1 Å². The summed E-state index contributed by atoms with van der Waals surface area (Å²) in [7, 11) is 1.99. The highest BCUT2D eigenvalue weighted by molar-refractivity contribution is 5.16. The Morgan fingerprint density at radius 1 is 1.31 bits per heavy atom. The predicted molar refractivity (Wildman–Crippen MR) is 65.5 cm³/mol. The maximum absolute atomic E-state index is 13.4. The molecule has 1 aromatic carbocycles. The van der Waals surface area contributed by atoms with Gasteiger partial charge in [0.1, 0.15) is 5.82 Å². The van der Waals surface area contributed by atoms with Gasteiger partial charge in [-0.2, -0.15) is 0 Å². The largest absolute Gasteiger partial charge is 0.328 e. The molecule has 0 amide bonds. The molecule has 2 N–H and O–H groups in total. The third kappa shape index (κ3) is 3.91. The highest BCUT2D eigenvalue weighted by Crippen LogP contribution is 2.10. The summed E-state index contributed by atoms with van der Waals surface area (Å²) < 4.78 is 13.4. The first kappa shape index (κ1) is 13.1. The molecule has 0 aliphatic rings. The monoisotopic (exact) mass is 224 g/mol. The van der Waals surface area contributed by atoms with Crippen LogP contribution < -0.4 is 5.73 Å². The highest BCUT2D eigenvalue weighted by atomic mass is 19.1. The topological polar surface area (TPSA) is 29.3 Å². The molecule has 0 fully saturated rings. The Hall–Kier alpha value is -0.930. The van der Waals surface area contributed by atoms with E-state index in [0.29, 0.717) is 12.5 Å². The smallest absolute Gasteiger partial charge is 0.127 e. The van der Waals surface area contributed by atoms with Crippen LogP contribution in [-0.2, 0) is 6.54 Å². The molecule has 0 radical (unpaired) electrons. The van der Waals surface area contributed by atoms with Gasteiger partial charge in [-0.3, -0.25) is 0 Å². The van der Waals surface area contributed by atoms with Gasteiger partial charge in [0.15, 0.2) is 0 Å². The van der Waals surface area contributed by atoms with E-state index in [2.05, 4.69) is 11.8 Å². The van der Waals surface area contributed by atoms with Gasteiger partial charge in [0.2, 0.25) is 0 Å². The molecular formula is C13H21FN2. The summed E-state index contributed by atoms with van der Waals surface area (Å²) in [5, 5.41) is 0. The van der Waals surface area contributed by atoms with Crippen LogP contribution in [-0.4, -0.2) is 24.5 Å². The number of halogens is 1. The lowest BCUT2D eigenvalue weighted by Crippen LogP contribution is -2.34. The average Bonchev–Trinajstić information content (AvgIpc) is 2.21. The first-order valence-corrected chi connectivity index (χ1v) is 5.68. The van der Waals surface area contributed by atoms with E-state index < -0.39 is 0 Å². The summed E-state index contributed by atoms with van der Waals surface area (Å²) in [5.41, 5.74) is 6.54. The van der Waals surface area contributed by atoms with Crippen LogP contribution in [0.25, 0.3) is 0 Å². The van der Waals surface area contributed by atoms with E-state index in [4.69, 9.17) is 5.73 Å². The minimum absolute atomic E-state index is 0.136. The first-order valence-electron chi connectivity index (χ1n) is 5.68. The normalized spacial score (nSPS) is 15.1. The molecule has 0 spiro atoms. The fourth-order valence-electron chi connectivity index (χ4n) is 1.64. The number of hydrogen-bond acceptors (Lipinski definition) is 2. The number of nitrogens with zero attached hydrogens (tertiary/aromatic N) is 1. The second-order valence-electron chi connectivity index (χ2n) is 4.62. The number of hydrogen-bond donors (Lipinski definition) is 1. The van der Waals surface area contributed by atoms with Crippen LogP contribution >= 0.6 is 0 Å². The Labute approximate surface area is 97.3 Å². The van der Waals surface area contributed by atoms with Gasteiger partial charge < -0.3 is 10.6 Å². The Balaban J connectivity index is 2.52. The molecule has 0 aliphatic carbocycles. The van der Waals surface area contributed by atoms with Crippen LogP contribution in [0.5, 0.6) is 0 Å². The van der Waals surface area contributed by atoms with Crippen molar-refractivity contribution in [3.8, 4) is 0 Å². The van der Waals surface area contributed by atoms with Gasteiger partial charge in [0.25, 0.3) is 0 Å². The van der Waals surface area contributed by atoms with Gasteiger partial charge in [-0.15, -0.1) is 0 Å². The van der Waals surface area contributed by atoms with E-state index in [1.165, 1.54) is 6.07 Å². The van der Waals surface area contributed by atoms with Gasteiger partial charge >= 0.3 is 0 Å². The summed E-state index contributed by atoms with van der Waals surface area (Å²) >= 11 is 0. The van der Waals surface area contributed by atoms with Gasteiger partial charge in [0, 0.05) is 24.7 Å². The van der Waals surface area contributed by atoms with Crippen LogP contribution in [0, 0.1) is 11.7 Å². The van der Waals surface area contributed by atoms with Gasteiger partial charge in [-0.25, -0.2) is 4.39 Å². The van der Waals surface area contributed by atoms with Crippen LogP contribution in [0.1, 0.15) is 19.4 Å². The van der Waals surface area contributed by atoms with Crippen molar-refractivity contribution in [2.75, 3.05) is 13.6 Å². The van der Waals surface area contributed by atoms with Crippen molar-refractivity contribution in [3.05, 3.63) is 35.6 Å². The zero-order valence-electron chi connectivity index (χ0n) is 10.3. The number of benzene rings is 1. The molecule has 1 aromatic rings. The van der Waals surface area contributed by atoms with Crippen molar-refractivity contribution >= 4 is 0 Å². The Bertz CT molecular complexity index is 325. The van der Waals surface area contributed by atoms with Crippen molar-refractivity contribution in [1.29, 1.82) is 0 Å². The minimum Gasteiger partial charge on any atom is -0.328 e. The van der Waals surface area contributed by atoms with Crippen molar-refractivity contribution in [3.63, 3.8) is 0 Å². The Kier molecular flexibility index (Phi) is 4.90. The minimum atomic E-state index is -0.136. The highest BCUT2D eigenvalue weighted by Gasteiger charge is 2.11. The molecule has 0 aliphatic heterocycles. The van der Waals surface area contributed by atoms with E-state index in [9.17, 15) is 4.39 Å². The molecule has 1 rings (SSSR count). The molecule has 3 heteroatoms. The summed E-state index contributed by atoms with van der Waals surface area (Å²) in [6.07, 6.45) is 0. The lowest BCUT2D eigenvalue weighted by molar-refractivity contribution is 0.259. The van der Waals surface area contributed by atoms with Gasteiger partial charge in [0.05, 0.1) is 0 Å². The lowest BCUT2D eigenvalue weighted by Gasteiger charge is -2.23. The average molecular weight is 224 g/mol. The lowest BCUT2D eigenvalue weighted by atomic mass is 10.0. The van der Waals surface area contributed by atoms with E-state index >= 15 is 0 Å². The number of nitrogens with two attached hydrogens (primary N) is 1. The number of rotatable bonds is 5. The zero-order valence-corrected chi connectivity index (χ0v) is 10.3. The van der Waals surface area contributed by atoms with Crippen LogP contribution in [0.2, 0.25) is 0 Å². The maximum Gasteiger partial charge on any atom is 0.127 e. The molecule has 2 atom stereocenters. The summed E-state index contributed by atoms with van der Waals surface area (Å²) in [4.78, 5) is 2.10. The first-order chi connectivity index (χ1) is 7.50. The molecule has 2 nitrogen and oxygen atoms in total. The molecule has 2 unspecified atom stereocenters. The second-order valence-corrected chi connectivity index (χ2v) is 4.62. The molecule has 90 valence electrons. The predicted octanol–water partition coefficient (Wildman–Crippen LogP) is 2.24. The third-order valence-corrected chi connectivity index (χ3v) is 2.90. The van der Waals surface area contributed by atoms with Gasteiger partial charge in [-0.05, 0) is 26.0 Å². The molecular weight excluding hydrogens is 203 g/mol. The van der Waals surface area contributed by atoms with Crippen LogP contribution in [0.3, 0.4) is 0 Å². The van der Waals surface area contributed by atoms with Crippen molar-refractivity contribution in [2.24, 2.45) is 11.7 Å². The summed E-state index contributed by atoms with van der Waals surface area (Å²) in [6.45, 7) is 5.62. The Morgan fingerprint density at radius 2 is 1.94 bits per heavy atom. The zero-order chi connectivity index (χ0) is 12.1. The summed E-state index contributed by atoms with van der Waals surface area (Å²) in [6, 6.07) is 7.06. The molecule has 0 saturated heterocycles. The van der Waals surface area contributed by atoms with Crippen LogP contribution in [0.4, 0.5) is 4.39 Å². The van der Waals surface area contributed by atoms with E-state index in [1.807, 2.05) is 26.1 Å². The second kappa shape index (κ2) is 5.97.